The second kappa shape index (κ2) is 7.56. The number of anilines is 2. The summed E-state index contributed by atoms with van der Waals surface area (Å²) in [4.78, 5) is 4.34. The molecule has 0 fully saturated rings. The summed E-state index contributed by atoms with van der Waals surface area (Å²) in [6.07, 6.45) is 1.86. The van der Waals surface area contributed by atoms with E-state index in [2.05, 4.69) is 51.6 Å². The number of nitrogens with one attached hydrogen (secondary N) is 1. The van der Waals surface area contributed by atoms with Crippen molar-refractivity contribution in [3.8, 4) is 0 Å². The minimum Gasteiger partial charge on any atom is -0.338 e. The highest BCUT2D eigenvalue weighted by Crippen LogP contribution is 2.29. The minimum atomic E-state index is 0.607. The fraction of sp³-hybridized carbons (Fsp3) is 0.333. The van der Waals surface area contributed by atoms with Crippen LogP contribution >= 0.6 is 23.1 Å². The summed E-state index contributed by atoms with van der Waals surface area (Å²) in [5, 5.41) is 16.3. The maximum atomic E-state index is 5.21. The average Bonchev–Trinajstić information content (AvgIpc) is 3.17. The monoisotopic (exact) mass is 347 g/mol. The van der Waals surface area contributed by atoms with Gasteiger partial charge in [0, 0.05) is 12.1 Å². The first kappa shape index (κ1) is 15.9. The van der Waals surface area contributed by atoms with Gasteiger partial charge in [-0.1, -0.05) is 52.9 Å². The molecule has 0 unspecified atom stereocenters. The van der Waals surface area contributed by atoms with Gasteiger partial charge in [0.25, 0.3) is 0 Å². The first-order valence-electron chi connectivity index (χ1n) is 7.34. The van der Waals surface area contributed by atoms with Crippen LogP contribution in [0.5, 0.6) is 0 Å². The van der Waals surface area contributed by atoms with Crippen molar-refractivity contribution in [2.45, 2.75) is 36.8 Å². The number of hydrogen-bond donors (Lipinski definition) is 1. The molecule has 0 aliphatic rings. The van der Waals surface area contributed by atoms with Crippen LogP contribution in [0, 0.1) is 6.92 Å². The van der Waals surface area contributed by atoms with Crippen molar-refractivity contribution in [1.82, 2.24) is 20.3 Å². The predicted octanol–water partition coefficient (Wildman–Crippen LogP) is 4.22. The molecule has 2 aromatic heterocycles. The van der Waals surface area contributed by atoms with Crippen LogP contribution in [0.4, 0.5) is 10.8 Å². The van der Waals surface area contributed by atoms with Crippen molar-refractivity contribution in [3.05, 3.63) is 41.5 Å². The van der Waals surface area contributed by atoms with Gasteiger partial charge in [0.15, 0.2) is 10.2 Å². The number of benzene rings is 1. The average molecular weight is 347 g/mol. The third-order valence-electron chi connectivity index (χ3n) is 3.01. The summed E-state index contributed by atoms with van der Waals surface area (Å²) in [6, 6.07) is 8.17. The lowest BCUT2D eigenvalue weighted by Crippen LogP contribution is -1.88. The fourth-order valence-corrected chi connectivity index (χ4v) is 3.49. The molecule has 23 heavy (non-hydrogen) atoms. The van der Waals surface area contributed by atoms with E-state index >= 15 is 0 Å². The molecule has 0 bridgehead atoms. The van der Waals surface area contributed by atoms with E-state index in [1.807, 2.05) is 12.1 Å². The lowest BCUT2D eigenvalue weighted by molar-refractivity contribution is 0.384. The first-order chi connectivity index (χ1) is 11.2. The Morgan fingerprint density at radius 1 is 1.22 bits per heavy atom. The zero-order valence-corrected chi connectivity index (χ0v) is 14.6. The third kappa shape index (κ3) is 4.52. The van der Waals surface area contributed by atoms with Crippen LogP contribution in [-0.4, -0.2) is 20.3 Å². The van der Waals surface area contributed by atoms with Crippen LogP contribution in [0.15, 0.2) is 33.1 Å². The number of thioether (sulfide) groups is 1. The van der Waals surface area contributed by atoms with Crippen LogP contribution in [0.2, 0.25) is 0 Å². The largest absolute Gasteiger partial charge is 0.338 e. The van der Waals surface area contributed by atoms with Gasteiger partial charge in [0.2, 0.25) is 11.0 Å². The van der Waals surface area contributed by atoms with Gasteiger partial charge in [0.1, 0.15) is 0 Å². The topological polar surface area (TPSA) is 76.7 Å². The van der Waals surface area contributed by atoms with Gasteiger partial charge in [-0.25, -0.2) is 0 Å². The summed E-state index contributed by atoms with van der Waals surface area (Å²) < 4.78 is 6.08. The Labute approximate surface area is 142 Å². The fourth-order valence-electron chi connectivity index (χ4n) is 1.88. The molecule has 0 saturated heterocycles. The highest BCUT2D eigenvalue weighted by Gasteiger charge is 2.09. The van der Waals surface area contributed by atoms with E-state index in [4.69, 9.17) is 4.52 Å². The smallest absolute Gasteiger partial charge is 0.237 e. The van der Waals surface area contributed by atoms with Gasteiger partial charge in [-0.15, -0.1) is 10.2 Å². The molecule has 6 nitrogen and oxygen atoms in total. The minimum absolute atomic E-state index is 0.607. The number of aromatic nitrogens is 4. The summed E-state index contributed by atoms with van der Waals surface area (Å²) in [5.74, 6) is 2.00. The molecular formula is C15H17N5OS2. The van der Waals surface area contributed by atoms with E-state index in [1.165, 1.54) is 16.9 Å². The number of aryl methyl sites for hydroxylation is 2. The zero-order valence-electron chi connectivity index (χ0n) is 12.9. The van der Waals surface area contributed by atoms with Gasteiger partial charge in [0.05, 0.1) is 5.75 Å². The lowest BCUT2D eigenvalue weighted by atomic mass is 10.2. The molecule has 0 aliphatic carbocycles. The number of nitrogens with zero attached hydrogens (tertiary/aromatic N) is 4. The second-order valence-corrected chi connectivity index (χ2v) is 7.21. The summed E-state index contributed by atoms with van der Waals surface area (Å²) in [7, 11) is 0. The van der Waals surface area contributed by atoms with E-state index in [0.717, 1.165) is 33.8 Å². The Hall–Kier alpha value is -1.93. The number of rotatable bonds is 7. The molecule has 0 saturated carbocycles. The first-order valence-corrected chi connectivity index (χ1v) is 9.14. The normalized spacial score (nSPS) is 10.9. The molecule has 0 radical (unpaired) electrons. The van der Waals surface area contributed by atoms with Crippen LogP contribution < -0.4 is 5.32 Å². The molecule has 2 heterocycles. The number of hydrogen-bond acceptors (Lipinski definition) is 8. The summed E-state index contributed by atoms with van der Waals surface area (Å²) >= 11 is 3.06. The van der Waals surface area contributed by atoms with Crippen molar-refractivity contribution >= 4 is 33.9 Å². The SMILES string of the molecule is CCCc1noc(CSc2nnc(Nc3ccc(C)cc3)s2)n1. The maximum Gasteiger partial charge on any atom is 0.237 e. The molecule has 1 aromatic carbocycles. The Balaban J connectivity index is 1.55. The van der Waals surface area contributed by atoms with Gasteiger partial charge in [-0.3, -0.25) is 0 Å². The quantitative estimate of drug-likeness (QED) is 0.641. The Bertz CT molecular complexity index is 753. The Kier molecular flexibility index (Phi) is 5.24. The predicted molar refractivity (Wildman–Crippen MR) is 92.2 cm³/mol. The second-order valence-electron chi connectivity index (χ2n) is 5.01. The van der Waals surface area contributed by atoms with Crippen molar-refractivity contribution in [1.29, 1.82) is 0 Å². The maximum absolute atomic E-state index is 5.21. The van der Waals surface area contributed by atoms with Crippen molar-refractivity contribution in [2.24, 2.45) is 0 Å². The third-order valence-corrected chi connectivity index (χ3v) is 4.97. The van der Waals surface area contributed by atoms with Crippen LogP contribution in [-0.2, 0) is 12.2 Å². The zero-order chi connectivity index (χ0) is 16.1. The lowest BCUT2D eigenvalue weighted by Gasteiger charge is -2.01. The molecular weight excluding hydrogens is 330 g/mol. The molecule has 0 amide bonds. The molecule has 0 aliphatic heterocycles. The summed E-state index contributed by atoms with van der Waals surface area (Å²) in [6.45, 7) is 4.15. The molecule has 3 aromatic rings. The summed E-state index contributed by atoms with van der Waals surface area (Å²) in [5.41, 5.74) is 2.23. The van der Waals surface area contributed by atoms with Crippen LogP contribution in [0.25, 0.3) is 0 Å². The Morgan fingerprint density at radius 3 is 2.83 bits per heavy atom. The van der Waals surface area contributed by atoms with Crippen molar-refractivity contribution < 1.29 is 4.52 Å². The van der Waals surface area contributed by atoms with E-state index < -0.39 is 0 Å². The molecule has 3 rings (SSSR count). The Morgan fingerprint density at radius 2 is 2.04 bits per heavy atom. The highest BCUT2D eigenvalue weighted by atomic mass is 32.2. The van der Waals surface area contributed by atoms with Gasteiger partial charge in [-0.2, -0.15) is 4.98 Å². The van der Waals surface area contributed by atoms with Gasteiger partial charge >= 0.3 is 0 Å². The molecule has 0 atom stereocenters. The van der Waals surface area contributed by atoms with Crippen LogP contribution in [0.1, 0.15) is 30.6 Å². The molecule has 120 valence electrons. The van der Waals surface area contributed by atoms with Crippen molar-refractivity contribution in [3.63, 3.8) is 0 Å². The highest BCUT2D eigenvalue weighted by molar-refractivity contribution is 8.00. The van der Waals surface area contributed by atoms with Gasteiger partial charge in [-0.05, 0) is 25.5 Å². The standard InChI is InChI=1S/C15H17N5OS2/c1-3-4-12-17-13(21-20-12)9-22-15-19-18-14(23-15)16-11-7-5-10(2)6-8-11/h5-8H,3-4,9H2,1-2H3,(H,16,18). The van der Waals surface area contributed by atoms with E-state index in [1.54, 1.807) is 11.8 Å². The van der Waals surface area contributed by atoms with Crippen LogP contribution in [0.3, 0.4) is 0 Å². The van der Waals surface area contributed by atoms with Gasteiger partial charge < -0.3 is 9.84 Å². The van der Waals surface area contributed by atoms with Crippen molar-refractivity contribution in [2.75, 3.05) is 5.32 Å². The molecule has 8 heteroatoms. The van der Waals surface area contributed by atoms with E-state index in [-0.39, 0.29) is 0 Å². The molecule has 1 N–H and O–H groups in total. The van der Waals surface area contributed by atoms with E-state index in [9.17, 15) is 0 Å². The van der Waals surface area contributed by atoms with E-state index in [0.29, 0.717) is 11.6 Å². The molecule has 0 spiro atoms.